The molecule has 19 heavy (non-hydrogen) atoms. The molecular formula is C13H18F3NO2. The van der Waals surface area contributed by atoms with Crippen LogP contribution in [0.1, 0.15) is 12.8 Å². The molecule has 0 radical (unpaired) electrons. The molecule has 0 saturated carbocycles. The summed E-state index contributed by atoms with van der Waals surface area (Å²) in [4.78, 5) is 0. The number of hydrogen-bond acceptors (Lipinski definition) is 3. The number of hydrogen-bond donors (Lipinski definition) is 2. The van der Waals surface area contributed by atoms with Crippen LogP contribution >= 0.6 is 0 Å². The highest BCUT2D eigenvalue weighted by atomic mass is 19.4. The fourth-order valence-electron chi connectivity index (χ4n) is 1.45. The van der Waals surface area contributed by atoms with Crippen molar-refractivity contribution in [2.45, 2.75) is 25.1 Å². The van der Waals surface area contributed by atoms with Crippen LogP contribution in [0.5, 0.6) is 5.75 Å². The van der Waals surface area contributed by atoms with Gasteiger partial charge in [-0.15, -0.1) is 0 Å². The standard InChI is InChI=1S/C13H18F3NO2/c14-13(15,16)7-4-8-17-9-11(18)10-19-12-5-2-1-3-6-12/h1-3,5-6,11,17-18H,4,7-10H2. The van der Waals surface area contributed by atoms with Gasteiger partial charge in [0.25, 0.3) is 0 Å². The average Bonchev–Trinajstić information content (AvgIpc) is 2.36. The van der Waals surface area contributed by atoms with Crippen molar-refractivity contribution < 1.29 is 23.0 Å². The molecule has 1 rings (SSSR count). The van der Waals surface area contributed by atoms with Gasteiger partial charge in [-0.25, -0.2) is 0 Å². The number of benzene rings is 1. The predicted molar refractivity (Wildman–Crippen MR) is 66.1 cm³/mol. The molecule has 1 unspecified atom stereocenters. The van der Waals surface area contributed by atoms with Crippen molar-refractivity contribution in [2.24, 2.45) is 0 Å². The first-order valence-electron chi connectivity index (χ1n) is 6.11. The monoisotopic (exact) mass is 277 g/mol. The second-order valence-electron chi connectivity index (χ2n) is 4.20. The lowest BCUT2D eigenvalue weighted by Crippen LogP contribution is -2.32. The highest BCUT2D eigenvalue weighted by Crippen LogP contribution is 2.20. The molecular weight excluding hydrogens is 259 g/mol. The minimum Gasteiger partial charge on any atom is -0.491 e. The summed E-state index contributed by atoms with van der Waals surface area (Å²) in [5, 5.41) is 12.3. The third-order valence-corrected chi connectivity index (χ3v) is 2.38. The average molecular weight is 277 g/mol. The van der Waals surface area contributed by atoms with Crippen LogP contribution in [-0.4, -0.2) is 37.1 Å². The number of alkyl halides is 3. The van der Waals surface area contributed by atoms with Crippen molar-refractivity contribution in [3.63, 3.8) is 0 Å². The molecule has 6 heteroatoms. The Morgan fingerprint density at radius 1 is 1.21 bits per heavy atom. The minimum absolute atomic E-state index is 0.00968. The summed E-state index contributed by atoms with van der Waals surface area (Å²) >= 11 is 0. The van der Waals surface area contributed by atoms with Gasteiger partial charge in [0.15, 0.2) is 0 Å². The maximum absolute atomic E-state index is 11.9. The molecule has 0 aliphatic rings. The number of halogens is 3. The zero-order valence-electron chi connectivity index (χ0n) is 10.5. The molecule has 3 nitrogen and oxygen atoms in total. The SMILES string of the molecule is OC(CNCCCC(F)(F)F)COc1ccccc1. The fourth-order valence-corrected chi connectivity index (χ4v) is 1.45. The molecule has 1 aromatic carbocycles. The van der Waals surface area contributed by atoms with Crippen molar-refractivity contribution in [2.75, 3.05) is 19.7 Å². The molecule has 108 valence electrons. The quantitative estimate of drug-likeness (QED) is 0.717. The lowest BCUT2D eigenvalue weighted by molar-refractivity contribution is -0.135. The largest absolute Gasteiger partial charge is 0.491 e. The molecule has 0 aliphatic heterocycles. The van der Waals surface area contributed by atoms with Gasteiger partial charge in [0, 0.05) is 13.0 Å². The van der Waals surface area contributed by atoms with Gasteiger partial charge in [-0.3, -0.25) is 0 Å². The molecule has 0 saturated heterocycles. The van der Waals surface area contributed by atoms with Crippen molar-refractivity contribution in [3.05, 3.63) is 30.3 Å². The number of para-hydroxylation sites is 1. The van der Waals surface area contributed by atoms with Gasteiger partial charge >= 0.3 is 6.18 Å². The summed E-state index contributed by atoms with van der Waals surface area (Å²) < 4.78 is 40.9. The van der Waals surface area contributed by atoms with Gasteiger partial charge in [-0.1, -0.05) is 18.2 Å². The Bertz CT molecular complexity index is 343. The van der Waals surface area contributed by atoms with Gasteiger partial charge < -0.3 is 15.2 Å². The number of ether oxygens (including phenoxy) is 1. The first kappa shape index (κ1) is 15.8. The first-order valence-corrected chi connectivity index (χ1v) is 6.11. The second kappa shape index (κ2) is 8.01. The van der Waals surface area contributed by atoms with Crippen LogP contribution in [0.25, 0.3) is 0 Å². The van der Waals surface area contributed by atoms with E-state index in [0.29, 0.717) is 5.75 Å². The van der Waals surface area contributed by atoms with Gasteiger partial charge in [0.1, 0.15) is 18.5 Å². The summed E-state index contributed by atoms with van der Waals surface area (Å²) in [6.07, 6.45) is -5.66. The molecule has 2 N–H and O–H groups in total. The molecule has 0 amide bonds. The molecule has 1 aromatic rings. The third-order valence-electron chi connectivity index (χ3n) is 2.38. The van der Waals surface area contributed by atoms with E-state index in [1.807, 2.05) is 18.2 Å². The van der Waals surface area contributed by atoms with E-state index in [2.05, 4.69) is 5.32 Å². The number of aliphatic hydroxyl groups is 1. The van der Waals surface area contributed by atoms with E-state index in [0.717, 1.165) is 0 Å². The van der Waals surface area contributed by atoms with Crippen molar-refractivity contribution in [1.29, 1.82) is 0 Å². The van der Waals surface area contributed by atoms with E-state index in [1.54, 1.807) is 12.1 Å². The molecule has 0 spiro atoms. The van der Waals surface area contributed by atoms with Crippen LogP contribution in [0.4, 0.5) is 13.2 Å². The Morgan fingerprint density at radius 3 is 2.53 bits per heavy atom. The fraction of sp³-hybridized carbons (Fsp3) is 0.538. The first-order chi connectivity index (χ1) is 8.97. The summed E-state index contributed by atoms with van der Waals surface area (Å²) in [5.74, 6) is 0.652. The molecule has 0 bridgehead atoms. The van der Waals surface area contributed by atoms with Crippen LogP contribution in [-0.2, 0) is 0 Å². The van der Waals surface area contributed by atoms with Gasteiger partial charge in [-0.2, -0.15) is 13.2 Å². The normalized spacial score (nSPS) is 13.3. The highest BCUT2D eigenvalue weighted by molar-refractivity contribution is 5.20. The number of rotatable bonds is 8. The van der Waals surface area contributed by atoms with E-state index in [9.17, 15) is 18.3 Å². The van der Waals surface area contributed by atoms with Crippen molar-refractivity contribution in [1.82, 2.24) is 5.32 Å². The number of aliphatic hydroxyl groups excluding tert-OH is 1. The Hall–Kier alpha value is -1.27. The van der Waals surface area contributed by atoms with E-state index in [-0.39, 0.29) is 26.1 Å². The van der Waals surface area contributed by atoms with Gasteiger partial charge in [-0.05, 0) is 25.1 Å². The molecule has 0 heterocycles. The summed E-state index contributed by atoms with van der Waals surface area (Å²) in [7, 11) is 0. The summed E-state index contributed by atoms with van der Waals surface area (Å²) in [6.45, 7) is 0.545. The van der Waals surface area contributed by atoms with Gasteiger partial charge in [0.2, 0.25) is 0 Å². The summed E-state index contributed by atoms with van der Waals surface area (Å²) in [5.41, 5.74) is 0. The third kappa shape index (κ3) is 8.45. The Labute approximate surface area is 110 Å². The molecule has 0 fully saturated rings. The lowest BCUT2D eigenvalue weighted by atomic mass is 10.3. The second-order valence-corrected chi connectivity index (χ2v) is 4.20. The molecule has 0 aromatic heterocycles. The number of nitrogens with one attached hydrogen (secondary N) is 1. The minimum atomic E-state index is -4.11. The van der Waals surface area contributed by atoms with Crippen LogP contribution in [0.15, 0.2) is 30.3 Å². The maximum Gasteiger partial charge on any atom is 0.389 e. The van der Waals surface area contributed by atoms with Crippen LogP contribution in [0.3, 0.4) is 0 Å². The highest BCUT2D eigenvalue weighted by Gasteiger charge is 2.25. The zero-order valence-corrected chi connectivity index (χ0v) is 10.5. The maximum atomic E-state index is 11.9. The Balaban J connectivity index is 2.04. The van der Waals surface area contributed by atoms with Crippen LogP contribution in [0.2, 0.25) is 0 Å². The predicted octanol–water partition coefficient (Wildman–Crippen LogP) is 2.36. The Morgan fingerprint density at radius 2 is 1.89 bits per heavy atom. The Kier molecular flexibility index (Phi) is 6.66. The van der Waals surface area contributed by atoms with E-state index in [1.165, 1.54) is 0 Å². The smallest absolute Gasteiger partial charge is 0.389 e. The zero-order chi connectivity index (χ0) is 14.1. The summed E-state index contributed by atoms with van der Waals surface area (Å²) in [6, 6.07) is 9.02. The van der Waals surface area contributed by atoms with Crippen molar-refractivity contribution >= 4 is 0 Å². The molecule has 0 aliphatic carbocycles. The van der Waals surface area contributed by atoms with Crippen LogP contribution in [0, 0.1) is 0 Å². The van der Waals surface area contributed by atoms with E-state index >= 15 is 0 Å². The van der Waals surface area contributed by atoms with E-state index in [4.69, 9.17) is 4.74 Å². The van der Waals surface area contributed by atoms with Gasteiger partial charge in [0.05, 0.1) is 0 Å². The van der Waals surface area contributed by atoms with Crippen molar-refractivity contribution in [3.8, 4) is 5.75 Å². The topological polar surface area (TPSA) is 41.5 Å². The molecule has 1 atom stereocenters. The van der Waals surface area contributed by atoms with E-state index < -0.39 is 18.7 Å². The van der Waals surface area contributed by atoms with Crippen LogP contribution < -0.4 is 10.1 Å². The lowest BCUT2D eigenvalue weighted by Gasteiger charge is -2.13.